The Morgan fingerprint density at radius 2 is 2.21 bits per heavy atom. The van der Waals surface area contributed by atoms with Crippen molar-refractivity contribution in [2.75, 3.05) is 5.73 Å². The number of rotatable bonds is 2. The van der Waals surface area contributed by atoms with E-state index in [1.807, 2.05) is 13.2 Å². The molecule has 2 aromatic heterocycles. The molecule has 0 fully saturated rings. The minimum atomic E-state index is 0.480. The van der Waals surface area contributed by atoms with Crippen LogP contribution >= 0.6 is 11.6 Å². The lowest BCUT2D eigenvalue weighted by Crippen LogP contribution is -2.05. The molecule has 0 bridgehead atoms. The number of nitrogen functional groups attached to an aromatic ring is 1. The van der Waals surface area contributed by atoms with Crippen molar-refractivity contribution in [3.05, 3.63) is 29.2 Å². The molecule has 0 radical (unpaired) electrons. The summed E-state index contributed by atoms with van der Waals surface area (Å²) in [4.78, 5) is 0. The Morgan fingerprint density at radius 1 is 1.43 bits per heavy atom. The maximum Gasteiger partial charge on any atom is 0.140 e. The average Bonchev–Trinajstić information content (AvgIpc) is 2.67. The first kappa shape index (κ1) is 9.08. The van der Waals surface area contributed by atoms with Gasteiger partial charge < -0.3 is 5.73 Å². The quantitative estimate of drug-likeness (QED) is 0.803. The van der Waals surface area contributed by atoms with Crippen LogP contribution in [0.25, 0.3) is 0 Å². The van der Waals surface area contributed by atoms with Gasteiger partial charge in [0.1, 0.15) is 10.8 Å². The Balaban J connectivity index is 2.22. The number of nitrogens with zero attached hydrogens (tertiary/aromatic N) is 4. The van der Waals surface area contributed by atoms with Crippen LogP contribution in [0.15, 0.2) is 18.6 Å². The van der Waals surface area contributed by atoms with Crippen molar-refractivity contribution in [3.8, 4) is 0 Å². The standard InChI is InChI=1S/C8H10ClN5/c1-13-4-6(2-11-13)5-14-8(10)7(9)3-12-14/h2-4H,5,10H2,1H3. The third kappa shape index (κ3) is 1.58. The van der Waals surface area contributed by atoms with E-state index in [0.29, 0.717) is 17.4 Å². The minimum absolute atomic E-state index is 0.480. The number of aryl methyl sites for hydroxylation is 1. The third-order valence-electron chi connectivity index (χ3n) is 1.92. The van der Waals surface area contributed by atoms with Gasteiger partial charge in [0, 0.05) is 18.8 Å². The van der Waals surface area contributed by atoms with Crippen LogP contribution in [0.1, 0.15) is 5.56 Å². The number of hydrogen-bond donors (Lipinski definition) is 1. The summed E-state index contributed by atoms with van der Waals surface area (Å²) >= 11 is 5.77. The molecule has 0 amide bonds. The van der Waals surface area contributed by atoms with Gasteiger partial charge in [0.25, 0.3) is 0 Å². The van der Waals surface area contributed by atoms with Crippen molar-refractivity contribution in [3.63, 3.8) is 0 Å². The second-order valence-electron chi connectivity index (χ2n) is 3.06. The summed E-state index contributed by atoms with van der Waals surface area (Å²) in [6.07, 6.45) is 5.22. The topological polar surface area (TPSA) is 61.7 Å². The van der Waals surface area contributed by atoms with Crippen LogP contribution in [-0.4, -0.2) is 19.6 Å². The lowest BCUT2D eigenvalue weighted by atomic mass is 10.4. The summed E-state index contributed by atoms with van der Waals surface area (Å²) in [7, 11) is 1.86. The van der Waals surface area contributed by atoms with Gasteiger partial charge >= 0.3 is 0 Å². The number of hydrogen-bond acceptors (Lipinski definition) is 3. The Kier molecular flexibility index (Phi) is 2.17. The molecule has 6 heteroatoms. The summed E-state index contributed by atoms with van der Waals surface area (Å²) in [5, 5.41) is 8.57. The van der Waals surface area contributed by atoms with Crippen LogP contribution in [0.3, 0.4) is 0 Å². The Labute approximate surface area is 86.1 Å². The predicted molar refractivity (Wildman–Crippen MR) is 54.0 cm³/mol. The molecule has 74 valence electrons. The fourth-order valence-electron chi connectivity index (χ4n) is 1.22. The van der Waals surface area contributed by atoms with Crippen molar-refractivity contribution in [1.82, 2.24) is 19.6 Å². The lowest BCUT2D eigenvalue weighted by Gasteiger charge is -2.00. The summed E-state index contributed by atoms with van der Waals surface area (Å²) in [6, 6.07) is 0. The fraction of sp³-hybridized carbons (Fsp3) is 0.250. The molecule has 0 aromatic carbocycles. The average molecular weight is 212 g/mol. The van der Waals surface area contributed by atoms with E-state index in [2.05, 4.69) is 10.2 Å². The van der Waals surface area contributed by atoms with E-state index in [-0.39, 0.29) is 0 Å². The van der Waals surface area contributed by atoms with Crippen LogP contribution in [0.4, 0.5) is 5.82 Å². The van der Waals surface area contributed by atoms with Crippen LogP contribution in [0, 0.1) is 0 Å². The zero-order valence-electron chi connectivity index (χ0n) is 7.68. The molecule has 0 aliphatic rings. The molecular formula is C8H10ClN5. The first-order valence-electron chi connectivity index (χ1n) is 4.11. The Hall–Kier alpha value is -1.49. The van der Waals surface area contributed by atoms with E-state index < -0.39 is 0 Å². The molecule has 0 atom stereocenters. The molecule has 5 nitrogen and oxygen atoms in total. The molecule has 2 rings (SSSR count). The Bertz CT molecular complexity index is 444. The maximum atomic E-state index is 5.77. The van der Waals surface area contributed by atoms with Crippen molar-refractivity contribution < 1.29 is 0 Å². The highest BCUT2D eigenvalue weighted by molar-refractivity contribution is 6.32. The zero-order chi connectivity index (χ0) is 10.1. The van der Waals surface area contributed by atoms with Gasteiger partial charge in [-0.2, -0.15) is 10.2 Å². The van der Waals surface area contributed by atoms with Crippen LogP contribution in [-0.2, 0) is 13.6 Å². The molecule has 2 aromatic rings. The number of nitrogens with two attached hydrogens (primary N) is 1. The molecule has 0 unspecified atom stereocenters. The molecule has 0 saturated carbocycles. The van der Waals surface area contributed by atoms with Crippen molar-refractivity contribution in [1.29, 1.82) is 0 Å². The molecule has 14 heavy (non-hydrogen) atoms. The van der Waals surface area contributed by atoms with E-state index in [1.54, 1.807) is 15.6 Å². The SMILES string of the molecule is Cn1cc(Cn2ncc(Cl)c2N)cn1. The van der Waals surface area contributed by atoms with E-state index in [1.165, 1.54) is 6.20 Å². The summed E-state index contributed by atoms with van der Waals surface area (Å²) < 4.78 is 3.37. The smallest absolute Gasteiger partial charge is 0.140 e. The van der Waals surface area contributed by atoms with Gasteiger partial charge in [-0.3, -0.25) is 4.68 Å². The van der Waals surface area contributed by atoms with E-state index in [0.717, 1.165) is 5.56 Å². The highest BCUT2D eigenvalue weighted by Gasteiger charge is 2.05. The summed E-state index contributed by atoms with van der Waals surface area (Å²) in [5.74, 6) is 0.482. The van der Waals surface area contributed by atoms with Gasteiger partial charge in [-0.25, -0.2) is 4.68 Å². The molecule has 2 N–H and O–H groups in total. The van der Waals surface area contributed by atoms with Gasteiger partial charge in [0.05, 0.1) is 18.9 Å². The van der Waals surface area contributed by atoms with Gasteiger partial charge in [-0.05, 0) is 0 Å². The van der Waals surface area contributed by atoms with Crippen molar-refractivity contribution >= 4 is 17.4 Å². The molecule has 0 saturated heterocycles. The van der Waals surface area contributed by atoms with Crippen molar-refractivity contribution in [2.45, 2.75) is 6.54 Å². The van der Waals surface area contributed by atoms with Gasteiger partial charge in [-0.1, -0.05) is 11.6 Å². The second kappa shape index (κ2) is 3.34. The van der Waals surface area contributed by atoms with Gasteiger partial charge in [0.15, 0.2) is 0 Å². The normalized spacial score (nSPS) is 10.7. The van der Waals surface area contributed by atoms with Crippen molar-refractivity contribution in [2.24, 2.45) is 7.05 Å². The zero-order valence-corrected chi connectivity index (χ0v) is 8.44. The number of anilines is 1. The number of aromatic nitrogens is 4. The van der Waals surface area contributed by atoms with Crippen LogP contribution < -0.4 is 5.73 Å². The van der Waals surface area contributed by atoms with Gasteiger partial charge in [-0.15, -0.1) is 0 Å². The number of halogens is 1. The summed E-state index contributed by atoms with van der Waals surface area (Å²) in [6.45, 7) is 0.590. The first-order valence-corrected chi connectivity index (χ1v) is 4.49. The minimum Gasteiger partial charge on any atom is -0.383 e. The molecular weight excluding hydrogens is 202 g/mol. The molecule has 0 aliphatic carbocycles. The van der Waals surface area contributed by atoms with E-state index in [4.69, 9.17) is 17.3 Å². The fourth-order valence-corrected chi connectivity index (χ4v) is 1.37. The maximum absolute atomic E-state index is 5.77. The van der Waals surface area contributed by atoms with Crippen LogP contribution in [0.5, 0.6) is 0 Å². The first-order chi connectivity index (χ1) is 6.66. The van der Waals surface area contributed by atoms with Crippen LogP contribution in [0.2, 0.25) is 5.02 Å². The highest BCUT2D eigenvalue weighted by Crippen LogP contribution is 2.17. The van der Waals surface area contributed by atoms with E-state index >= 15 is 0 Å². The monoisotopic (exact) mass is 211 g/mol. The highest BCUT2D eigenvalue weighted by atomic mass is 35.5. The van der Waals surface area contributed by atoms with E-state index in [9.17, 15) is 0 Å². The largest absolute Gasteiger partial charge is 0.383 e. The lowest BCUT2D eigenvalue weighted by molar-refractivity contribution is 0.695. The summed E-state index contributed by atoms with van der Waals surface area (Å²) in [5.41, 5.74) is 6.74. The third-order valence-corrected chi connectivity index (χ3v) is 2.22. The molecule has 0 aliphatic heterocycles. The molecule has 2 heterocycles. The predicted octanol–water partition coefficient (Wildman–Crippen LogP) is 0.900. The molecule has 0 spiro atoms. The van der Waals surface area contributed by atoms with Gasteiger partial charge in [0.2, 0.25) is 0 Å². The second-order valence-corrected chi connectivity index (χ2v) is 3.46. The Morgan fingerprint density at radius 3 is 2.71 bits per heavy atom.